The summed E-state index contributed by atoms with van der Waals surface area (Å²) in [4.78, 5) is 20.3. The molecular weight excluding hydrogens is 447 g/mol. The molecule has 1 heterocycles. The number of para-hydroxylation sites is 1. The molecule has 0 unspecified atom stereocenters. The van der Waals surface area contributed by atoms with Crippen LogP contribution >= 0.6 is 11.8 Å². The lowest BCUT2D eigenvalue weighted by Gasteiger charge is -2.27. The van der Waals surface area contributed by atoms with Crippen molar-refractivity contribution in [3.8, 4) is 0 Å². The van der Waals surface area contributed by atoms with Gasteiger partial charge >= 0.3 is 0 Å². The molecule has 0 radical (unpaired) electrons. The summed E-state index contributed by atoms with van der Waals surface area (Å²) in [6.07, 6.45) is 0. The Morgan fingerprint density at radius 1 is 1.03 bits per heavy atom. The summed E-state index contributed by atoms with van der Waals surface area (Å²) in [6.45, 7) is 1.90. The summed E-state index contributed by atoms with van der Waals surface area (Å²) in [5, 5.41) is 7.01. The number of nitrogens with zero attached hydrogens (tertiary/aromatic N) is 2. The molecule has 0 saturated heterocycles. The molecule has 1 atom stereocenters. The van der Waals surface area contributed by atoms with Crippen molar-refractivity contribution in [2.24, 2.45) is 4.99 Å². The molecule has 2 N–H and O–H groups in total. The first-order valence-corrected chi connectivity index (χ1v) is 12.0. The highest BCUT2D eigenvalue weighted by Gasteiger charge is 2.29. The number of halogens is 1. The number of rotatable bonds is 6. The first kappa shape index (κ1) is 23.6. The van der Waals surface area contributed by atoms with Gasteiger partial charge in [0.05, 0.1) is 5.57 Å². The van der Waals surface area contributed by atoms with E-state index >= 15 is 0 Å². The lowest BCUT2D eigenvalue weighted by atomic mass is 9.95. The van der Waals surface area contributed by atoms with Gasteiger partial charge in [0.25, 0.3) is 5.91 Å². The molecular formula is C27H27FN4OS. The van der Waals surface area contributed by atoms with Crippen LogP contribution in [0.15, 0.2) is 95.1 Å². The van der Waals surface area contributed by atoms with E-state index in [1.54, 1.807) is 12.1 Å². The van der Waals surface area contributed by atoms with E-state index in [4.69, 9.17) is 4.99 Å². The maximum absolute atomic E-state index is 13.3. The maximum Gasteiger partial charge on any atom is 0.255 e. The van der Waals surface area contributed by atoms with Crippen LogP contribution in [0.3, 0.4) is 0 Å². The van der Waals surface area contributed by atoms with Crippen LogP contribution in [0.4, 0.5) is 15.8 Å². The van der Waals surface area contributed by atoms with E-state index in [1.165, 1.54) is 23.9 Å². The summed E-state index contributed by atoms with van der Waals surface area (Å²) >= 11 is 1.53. The molecule has 3 aromatic rings. The van der Waals surface area contributed by atoms with Crippen molar-refractivity contribution in [2.45, 2.75) is 18.7 Å². The molecule has 3 aromatic carbocycles. The van der Waals surface area contributed by atoms with Gasteiger partial charge in [0.1, 0.15) is 11.9 Å². The molecule has 0 spiro atoms. The fourth-order valence-electron chi connectivity index (χ4n) is 3.66. The van der Waals surface area contributed by atoms with Gasteiger partial charge in [-0.3, -0.25) is 4.79 Å². The Kier molecular flexibility index (Phi) is 7.33. The number of amidine groups is 1. The number of aliphatic imine (C=N–C) groups is 1. The van der Waals surface area contributed by atoms with Crippen LogP contribution < -0.4 is 15.5 Å². The van der Waals surface area contributed by atoms with Gasteiger partial charge in [0.15, 0.2) is 5.17 Å². The van der Waals surface area contributed by atoms with E-state index < -0.39 is 6.04 Å². The minimum Gasteiger partial charge on any atom is -0.378 e. The molecule has 4 rings (SSSR count). The van der Waals surface area contributed by atoms with Gasteiger partial charge < -0.3 is 15.5 Å². The number of thioether (sulfide) groups is 1. The van der Waals surface area contributed by atoms with E-state index in [0.717, 1.165) is 33.4 Å². The van der Waals surface area contributed by atoms with Gasteiger partial charge in [0, 0.05) is 36.9 Å². The van der Waals surface area contributed by atoms with E-state index in [-0.39, 0.29) is 11.7 Å². The summed E-state index contributed by atoms with van der Waals surface area (Å²) in [5.74, 6) is 0.192. The number of hydrogen-bond acceptors (Lipinski definition) is 5. The molecule has 34 heavy (non-hydrogen) atoms. The quantitative estimate of drug-likeness (QED) is 0.479. The second-order valence-electron chi connectivity index (χ2n) is 8.22. The fraction of sp³-hybridized carbons (Fsp3) is 0.185. The highest BCUT2D eigenvalue weighted by atomic mass is 32.2. The highest BCUT2D eigenvalue weighted by molar-refractivity contribution is 8.13. The van der Waals surface area contributed by atoms with Gasteiger partial charge in [-0.05, 0) is 54.4 Å². The first-order chi connectivity index (χ1) is 16.4. The normalized spacial score (nSPS) is 15.4. The standard InChI is InChI=1S/C27H27FN4OS/c1-18-24(26(33)30-22-7-5-4-6-8-22)25(20-11-15-23(16-12-20)32(2)3)31-27(29-18)34-17-19-9-13-21(28)14-10-19/h4-16,25H,17H2,1-3H3,(H,29,31)(H,30,33)/t25-/m0/s1. The van der Waals surface area contributed by atoms with Gasteiger partial charge in [-0.25, -0.2) is 9.38 Å². The van der Waals surface area contributed by atoms with E-state index in [2.05, 4.69) is 10.6 Å². The lowest BCUT2D eigenvalue weighted by molar-refractivity contribution is -0.113. The van der Waals surface area contributed by atoms with Crippen LogP contribution in [0.25, 0.3) is 0 Å². The number of hydrogen-bond donors (Lipinski definition) is 2. The molecule has 1 aliphatic heterocycles. The molecule has 0 bridgehead atoms. The Morgan fingerprint density at radius 2 is 1.71 bits per heavy atom. The predicted molar refractivity (Wildman–Crippen MR) is 140 cm³/mol. The average Bonchev–Trinajstić information content (AvgIpc) is 2.84. The topological polar surface area (TPSA) is 56.7 Å². The minimum absolute atomic E-state index is 0.191. The summed E-state index contributed by atoms with van der Waals surface area (Å²) in [5.41, 5.74) is 5.07. The van der Waals surface area contributed by atoms with Crippen molar-refractivity contribution < 1.29 is 9.18 Å². The smallest absolute Gasteiger partial charge is 0.255 e. The number of nitrogens with one attached hydrogen (secondary N) is 2. The van der Waals surface area contributed by atoms with Crippen LogP contribution in [0.5, 0.6) is 0 Å². The molecule has 1 amide bonds. The van der Waals surface area contributed by atoms with Gasteiger partial charge in [-0.2, -0.15) is 0 Å². The lowest BCUT2D eigenvalue weighted by Crippen LogP contribution is -2.32. The zero-order valence-electron chi connectivity index (χ0n) is 19.4. The van der Waals surface area contributed by atoms with Crippen molar-refractivity contribution >= 4 is 34.2 Å². The first-order valence-electron chi connectivity index (χ1n) is 11.0. The largest absolute Gasteiger partial charge is 0.378 e. The molecule has 0 aliphatic carbocycles. The summed E-state index contributed by atoms with van der Waals surface area (Å²) in [7, 11) is 3.98. The van der Waals surface area contributed by atoms with Crippen molar-refractivity contribution in [3.05, 3.63) is 107 Å². The number of carbonyl (C=O) groups excluding carboxylic acids is 1. The summed E-state index contributed by atoms with van der Waals surface area (Å²) < 4.78 is 13.2. The van der Waals surface area contributed by atoms with E-state index in [1.807, 2.05) is 80.5 Å². The van der Waals surface area contributed by atoms with Crippen molar-refractivity contribution in [1.82, 2.24) is 5.32 Å². The molecule has 5 nitrogen and oxygen atoms in total. The molecule has 1 aliphatic rings. The van der Waals surface area contributed by atoms with Crippen LogP contribution in [-0.2, 0) is 10.5 Å². The average molecular weight is 475 g/mol. The second-order valence-corrected chi connectivity index (χ2v) is 9.19. The van der Waals surface area contributed by atoms with E-state index in [0.29, 0.717) is 11.3 Å². The van der Waals surface area contributed by atoms with Crippen LogP contribution in [0.1, 0.15) is 24.1 Å². The zero-order valence-corrected chi connectivity index (χ0v) is 20.2. The maximum atomic E-state index is 13.3. The SMILES string of the molecule is CC1=C(C(=O)Nc2ccccc2)[C@H](c2ccc(N(C)C)cc2)N=C(SCc2ccc(F)cc2)N1. The van der Waals surface area contributed by atoms with Gasteiger partial charge in [-0.1, -0.05) is 54.2 Å². The predicted octanol–water partition coefficient (Wildman–Crippen LogP) is 5.74. The van der Waals surface area contributed by atoms with Crippen molar-refractivity contribution in [3.63, 3.8) is 0 Å². The minimum atomic E-state index is -0.447. The Balaban J connectivity index is 1.62. The third-order valence-corrected chi connectivity index (χ3v) is 6.47. The van der Waals surface area contributed by atoms with Crippen molar-refractivity contribution in [2.75, 3.05) is 24.3 Å². The number of amides is 1. The molecule has 0 fully saturated rings. The highest BCUT2D eigenvalue weighted by Crippen LogP contribution is 2.34. The Labute approximate surface area is 203 Å². The second kappa shape index (κ2) is 10.6. The molecule has 0 aromatic heterocycles. The monoisotopic (exact) mass is 474 g/mol. The Hall–Kier alpha value is -3.58. The summed E-state index contributed by atoms with van der Waals surface area (Å²) in [6, 6.07) is 23.5. The fourth-order valence-corrected chi connectivity index (χ4v) is 4.56. The number of carbonyl (C=O) groups is 1. The van der Waals surface area contributed by atoms with Gasteiger partial charge in [-0.15, -0.1) is 0 Å². The Morgan fingerprint density at radius 3 is 2.35 bits per heavy atom. The number of allylic oxidation sites excluding steroid dienone is 1. The van der Waals surface area contributed by atoms with E-state index in [9.17, 15) is 9.18 Å². The molecule has 7 heteroatoms. The number of benzene rings is 3. The van der Waals surface area contributed by atoms with Crippen LogP contribution in [0.2, 0.25) is 0 Å². The Bertz CT molecular complexity index is 1210. The third-order valence-electron chi connectivity index (χ3n) is 5.51. The zero-order chi connectivity index (χ0) is 24.1. The number of anilines is 2. The van der Waals surface area contributed by atoms with Gasteiger partial charge in [0.2, 0.25) is 0 Å². The van der Waals surface area contributed by atoms with Crippen molar-refractivity contribution in [1.29, 1.82) is 0 Å². The van der Waals surface area contributed by atoms with Crippen LogP contribution in [0, 0.1) is 5.82 Å². The molecule has 174 valence electrons. The van der Waals surface area contributed by atoms with Crippen LogP contribution in [-0.4, -0.2) is 25.2 Å². The molecule has 0 saturated carbocycles. The third kappa shape index (κ3) is 5.66.